The van der Waals surface area contributed by atoms with E-state index in [4.69, 9.17) is 0 Å². The van der Waals surface area contributed by atoms with E-state index in [9.17, 15) is 4.79 Å². The van der Waals surface area contributed by atoms with E-state index in [0.717, 1.165) is 84.0 Å². The zero-order chi connectivity index (χ0) is 22.2. The van der Waals surface area contributed by atoms with Crippen LogP contribution >= 0.6 is 0 Å². The fourth-order valence-corrected chi connectivity index (χ4v) is 5.22. The molecule has 1 amide bonds. The van der Waals surface area contributed by atoms with Gasteiger partial charge in [-0.15, -0.1) is 0 Å². The second-order valence-corrected chi connectivity index (χ2v) is 9.32. The quantitative estimate of drug-likeness (QED) is 0.568. The summed E-state index contributed by atoms with van der Waals surface area (Å²) in [5.41, 5.74) is 2.82. The van der Waals surface area contributed by atoms with Gasteiger partial charge in [-0.2, -0.15) is 0 Å². The first-order valence-corrected chi connectivity index (χ1v) is 12.4. The second kappa shape index (κ2) is 11.5. The first-order chi connectivity index (χ1) is 15.7. The van der Waals surface area contributed by atoms with Gasteiger partial charge in [0.05, 0.1) is 0 Å². The minimum absolute atomic E-state index is 0.305. The predicted octanol–water partition coefficient (Wildman–Crippen LogP) is 3.08. The Bertz CT molecular complexity index is 782. The number of carbonyl (C=O) groups excluding carboxylic acids is 1. The lowest BCUT2D eigenvalue weighted by atomic mass is 10.0. The predicted molar refractivity (Wildman–Crippen MR) is 132 cm³/mol. The van der Waals surface area contributed by atoms with Crippen molar-refractivity contribution in [3.63, 3.8) is 0 Å². The number of likely N-dealkylation sites (tertiary alicyclic amines) is 1. The van der Waals surface area contributed by atoms with E-state index in [-0.39, 0.29) is 0 Å². The average molecular weight is 438 g/mol. The van der Waals surface area contributed by atoms with Gasteiger partial charge in [0.2, 0.25) is 5.91 Å². The molecule has 1 N–H and O–H groups in total. The molecule has 2 saturated heterocycles. The van der Waals surface area contributed by atoms with Crippen LogP contribution in [0.1, 0.15) is 44.1 Å². The maximum atomic E-state index is 12.6. The van der Waals surface area contributed by atoms with E-state index in [0.29, 0.717) is 11.8 Å². The molecule has 3 aliphatic rings. The van der Waals surface area contributed by atoms with Gasteiger partial charge in [0.15, 0.2) is 5.96 Å². The van der Waals surface area contributed by atoms with Crippen molar-refractivity contribution in [2.45, 2.75) is 38.5 Å². The number of piperidine rings is 1. The van der Waals surface area contributed by atoms with Gasteiger partial charge in [-0.25, -0.2) is 0 Å². The highest BCUT2D eigenvalue weighted by molar-refractivity contribution is 5.80. The van der Waals surface area contributed by atoms with E-state index in [1.807, 2.05) is 7.05 Å². The number of rotatable bonds is 5. The molecule has 0 bridgehead atoms. The van der Waals surface area contributed by atoms with Crippen LogP contribution in [-0.2, 0) is 4.79 Å². The number of hydrogen-bond acceptors (Lipinski definition) is 3. The Morgan fingerprint density at radius 2 is 1.69 bits per heavy atom. The summed E-state index contributed by atoms with van der Waals surface area (Å²) < 4.78 is 0. The third-order valence-electron chi connectivity index (χ3n) is 7.19. The molecule has 174 valence electrons. The van der Waals surface area contributed by atoms with Crippen LogP contribution < -0.4 is 5.32 Å². The number of nitrogens with zero attached hydrogens (tertiary/aromatic N) is 4. The Labute approximate surface area is 193 Å². The summed E-state index contributed by atoms with van der Waals surface area (Å²) in [4.78, 5) is 24.1. The molecule has 1 saturated carbocycles. The standard InChI is InChI=1S/C26H39N5O/c1-27-26(31-14-11-23(12-15-31)21-22-7-3-2-4-8-22)28-13-16-29-17-19-30(20-18-29)25(32)24-9-5-6-10-24/h2-4,7-8,21,24H,5-6,9-20H2,1H3,(H,27,28). The number of hydrogen-bond donors (Lipinski definition) is 1. The Balaban J connectivity index is 1.15. The minimum atomic E-state index is 0.305. The third-order valence-corrected chi connectivity index (χ3v) is 7.19. The number of aliphatic imine (C=N–C) groups is 1. The van der Waals surface area contributed by atoms with Crippen molar-refractivity contribution in [2.75, 3.05) is 59.4 Å². The largest absolute Gasteiger partial charge is 0.355 e. The van der Waals surface area contributed by atoms with Gasteiger partial charge in [-0.1, -0.05) is 54.8 Å². The minimum Gasteiger partial charge on any atom is -0.355 e. The van der Waals surface area contributed by atoms with E-state index in [1.165, 1.54) is 24.0 Å². The van der Waals surface area contributed by atoms with E-state index in [2.05, 4.69) is 61.4 Å². The lowest BCUT2D eigenvalue weighted by Crippen LogP contribution is -2.52. The van der Waals surface area contributed by atoms with Crippen molar-refractivity contribution < 1.29 is 4.79 Å². The van der Waals surface area contributed by atoms with Gasteiger partial charge < -0.3 is 15.1 Å². The normalized spacial score (nSPS) is 21.2. The molecular weight excluding hydrogens is 398 g/mol. The number of benzene rings is 1. The highest BCUT2D eigenvalue weighted by atomic mass is 16.2. The van der Waals surface area contributed by atoms with Crippen LogP contribution in [0, 0.1) is 5.92 Å². The summed E-state index contributed by atoms with van der Waals surface area (Å²) in [6.07, 6.45) is 9.17. The number of piperazine rings is 1. The SMILES string of the molecule is CN=C(NCCN1CCN(C(=O)C2CCCC2)CC1)N1CCC(=Cc2ccccc2)CC1. The lowest BCUT2D eigenvalue weighted by molar-refractivity contribution is -0.137. The fourth-order valence-electron chi connectivity index (χ4n) is 5.22. The molecule has 6 heteroatoms. The van der Waals surface area contributed by atoms with Crippen LogP contribution in [0.3, 0.4) is 0 Å². The highest BCUT2D eigenvalue weighted by Crippen LogP contribution is 2.27. The van der Waals surface area contributed by atoms with Crippen molar-refractivity contribution >= 4 is 17.9 Å². The van der Waals surface area contributed by atoms with Gasteiger partial charge in [-0.05, 0) is 31.2 Å². The summed E-state index contributed by atoms with van der Waals surface area (Å²) in [7, 11) is 1.88. The second-order valence-electron chi connectivity index (χ2n) is 9.32. The van der Waals surface area contributed by atoms with Crippen molar-refractivity contribution in [1.29, 1.82) is 0 Å². The molecular formula is C26H39N5O. The Morgan fingerprint density at radius 3 is 2.34 bits per heavy atom. The number of guanidine groups is 1. The number of amides is 1. The zero-order valence-corrected chi connectivity index (χ0v) is 19.6. The Morgan fingerprint density at radius 1 is 1.00 bits per heavy atom. The van der Waals surface area contributed by atoms with Gasteiger partial charge in [-0.3, -0.25) is 14.7 Å². The molecule has 0 spiro atoms. The molecule has 1 aromatic carbocycles. The maximum Gasteiger partial charge on any atom is 0.225 e. The molecule has 2 heterocycles. The summed E-state index contributed by atoms with van der Waals surface area (Å²) >= 11 is 0. The van der Waals surface area contributed by atoms with Gasteiger partial charge in [0.1, 0.15) is 0 Å². The number of nitrogens with one attached hydrogen (secondary N) is 1. The average Bonchev–Trinajstić information content (AvgIpc) is 3.38. The van der Waals surface area contributed by atoms with Crippen LogP contribution in [0.4, 0.5) is 0 Å². The molecule has 2 aliphatic heterocycles. The molecule has 0 unspecified atom stereocenters. The fraction of sp³-hybridized carbons (Fsp3) is 0.615. The topological polar surface area (TPSA) is 51.2 Å². The van der Waals surface area contributed by atoms with Gasteiger partial charge >= 0.3 is 0 Å². The summed E-state index contributed by atoms with van der Waals surface area (Å²) in [5, 5.41) is 3.56. The molecule has 4 rings (SSSR count). The van der Waals surface area contributed by atoms with Crippen LogP contribution in [0.15, 0.2) is 40.9 Å². The molecule has 0 radical (unpaired) electrons. The zero-order valence-electron chi connectivity index (χ0n) is 19.6. The van der Waals surface area contributed by atoms with Gasteiger partial charge in [0.25, 0.3) is 0 Å². The van der Waals surface area contributed by atoms with Crippen LogP contribution in [-0.4, -0.2) is 86.0 Å². The van der Waals surface area contributed by atoms with Gasteiger partial charge in [0, 0.05) is 65.3 Å². The number of carbonyl (C=O) groups is 1. The van der Waals surface area contributed by atoms with E-state index in [1.54, 1.807) is 0 Å². The van der Waals surface area contributed by atoms with E-state index < -0.39 is 0 Å². The molecule has 0 atom stereocenters. The monoisotopic (exact) mass is 437 g/mol. The summed E-state index contributed by atoms with van der Waals surface area (Å²) in [6.45, 7) is 7.65. The van der Waals surface area contributed by atoms with Crippen LogP contribution in [0.25, 0.3) is 6.08 Å². The molecule has 3 fully saturated rings. The van der Waals surface area contributed by atoms with Crippen molar-refractivity contribution in [2.24, 2.45) is 10.9 Å². The highest BCUT2D eigenvalue weighted by Gasteiger charge is 2.29. The first kappa shape index (κ1) is 22.8. The molecule has 32 heavy (non-hydrogen) atoms. The van der Waals surface area contributed by atoms with Crippen LogP contribution in [0.5, 0.6) is 0 Å². The first-order valence-electron chi connectivity index (χ1n) is 12.4. The van der Waals surface area contributed by atoms with Crippen molar-refractivity contribution in [1.82, 2.24) is 20.0 Å². The maximum absolute atomic E-state index is 12.6. The van der Waals surface area contributed by atoms with E-state index >= 15 is 0 Å². The molecule has 1 aliphatic carbocycles. The molecule has 1 aromatic rings. The van der Waals surface area contributed by atoms with Crippen molar-refractivity contribution in [3.05, 3.63) is 41.5 Å². The third kappa shape index (κ3) is 6.12. The Hall–Kier alpha value is -2.34. The lowest BCUT2D eigenvalue weighted by Gasteiger charge is -2.36. The smallest absolute Gasteiger partial charge is 0.225 e. The molecule has 0 aromatic heterocycles. The summed E-state index contributed by atoms with van der Waals surface area (Å²) in [5.74, 6) is 1.73. The van der Waals surface area contributed by atoms with Crippen LogP contribution in [0.2, 0.25) is 0 Å². The van der Waals surface area contributed by atoms with Crippen molar-refractivity contribution in [3.8, 4) is 0 Å². The Kier molecular flexibility index (Phi) is 8.21. The molecule has 6 nitrogen and oxygen atoms in total. The summed E-state index contributed by atoms with van der Waals surface area (Å²) in [6, 6.07) is 10.6.